The first-order chi connectivity index (χ1) is 8.35. The van der Waals surface area contributed by atoms with E-state index in [1.807, 2.05) is 36.4 Å². The van der Waals surface area contributed by atoms with Crippen molar-refractivity contribution in [1.29, 1.82) is 0 Å². The number of oxazole rings is 1. The highest BCUT2D eigenvalue weighted by Crippen LogP contribution is 2.34. The summed E-state index contributed by atoms with van der Waals surface area (Å²) in [6.07, 6.45) is 0. The Morgan fingerprint density at radius 3 is 2.88 bits per heavy atom. The maximum absolute atomic E-state index is 8.99. The summed E-state index contributed by atoms with van der Waals surface area (Å²) >= 11 is 3.03. The monoisotopic (exact) mass is 263 g/mol. The van der Waals surface area contributed by atoms with Crippen LogP contribution in [0.3, 0.4) is 0 Å². The van der Waals surface area contributed by atoms with Gasteiger partial charge in [-0.2, -0.15) is 0 Å². The minimum atomic E-state index is 0.0821. The van der Waals surface area contributed by atoms with Crippen LogP contribution >= 0.6 is 23.1 Å². The molecule has 0 aliphatic rings. The number of aliphatic hydroxyl groups excluding tert-OH is 1. The Kier molecular flexibility index (Phi) is 2.88. The quantitative estimate of drug-likeness (QED) is 0.785. The molecule has 0 radical (unpaired) electrons. The predicted octanol–water partition coefficient (Wildman–Crippen LogP) is 3.53. The maximum atomic E-state index is 8.99. The Balaban J connectivity index is 1.89. The molecule has 1 aromatic carbocycles. The van der Waals surface area contributed by atoms with E-state index >= 15 is 0 Å². The van der Waals surface area contributed by atoms with Gasteiger partial charge in [-0.15, -0.1) is 11.3 Å². The normalized spacial score (nSPS) is 11.1. The molecule has 2 aromatic heterocycles. The number of rotatable bonds is 3. The fraction of sp³-hybridized carbons (Fsp3) is 0.0833. The van der Waals surface area contributed by atoms with Crippen LogP contribution in [-0.2, 0) is 6.61 Å². The molecule has 0 fully saturated rings. The summed E-state index contributed by atoms with van der Waals surface area (Å²) in [4.78, 5) is 5.33. The molecule has 5 heteroatoms. The zero-order valence-corrected chi connectivity index (χ0v) is 10.4. The third-order valence-electron chi connectivity index (χ3n) is 2.25. The number of para-hydroxylation sites is 2. The van der Waals surface area contributed by atoms with Crippen LogP contribution in [0.15, 0.2) is 50.2 Å². The Morgan fingerprint density at radius 2 is 2.12 bits per heavy atom. The van der Waals surface area contributed by atoms with Gasteiger partial charge in [0.25, 0.3) is 5.22 Å². The van der Waals surface area contributed by atoms with Crippen LogP contribution in [0.4, 0.5) is 0 Å². The minimum Gasteiger partial charge on any atom is -0.431 e. The van der Waals surface area contributed by atoms with Gasteiger partial charge in [-0.05, 0) is 36.0 Å². The van der Waals surface area contributed by atoms with Crippen molar-refractivity contribution < 1.29 is 9.52 Å². The Morgan fingerprint density at radius 1 is 1.24 bits per heavy atom. The summed E-state index contributed by atoms with van der Waals surface area (Å²) in [6, 6.07) is 11.6. The summed E-state index contributed by atoms with van der Waals surface area (Å²) in [5, 5.41) is 9.63. The van der Waals surface area contributed by atoms with E-state index in [0.717, 1.165) is 20.2 Å². The maximum Gasteiger partial charge on any atom is 0.262 e. The first kappa shape index (κ1) is 10.8. The van der Waals surface area contributed by atoms with Crippen LogP contribution in [-0.4, -0.2) is 10.1 Å². The Hall–Kier alpha value is -1.30. The second-order valence-electron chi connectivity index (χ2n) is 3.43. The van der Waals surface area contributed by atoms with Crippen molar-refractivity contribution in [2.24, 2.45) is 0 Å². The van der Waals surface area contributed by atoms with Crippen LogP contribution in [0.5, 0.6) is 0 Å². The lowest BCUT2D eigenvalue weighted by molar-refractivity contribution is 0.285. The minimum absolute atomic E-state index is 0.0821. The molecule has 1 N–H and O–H groups in total. The first-order valence-electron chi connectivity index (χ1n) is 5.08. The van der Waals surface area contributed by atoms with Crippen molar-refractivity contribution in [3.05, 3.63) is 41.3 Å². The lowest BCUT2D eigenvalue weighted by Gasteiger charge is -1.89. The number of aliphatic hydroxyl groups is 1. The number of hydrogen-bond acceptors (Lipinski definition) is 5. The highest BCUT2D eigenvalue weighted by atomic mass is 32.2. The molecule has 0 amide bonds. The second kappa shape index (κ2) is 4.52. The fourth-order valence-corrected chi connectivity index (χ4v) is 3.36. The van der Waals surface area contributed by atoms with Gasteiger partial charge in [-0.3, -0.25) is 0 Å². The van der Waals surface area contributed by atoms with Crippen LogP contribution in [0.2, 0.25) is 0 Å². The van der Waals surface area contributed by atoms with Crippen LogP contribution in [0.1, 0.15) is 4.88 Å². The highest BCUT2D eigenvalue weighted by molar-refractivity contribution is 8.01. The SMILES string of the molecule is OCc1ccc(Sc2nc3ccccc3o2)s1. The second-order valence-corrected chi connectivity index (χ2v) is 5.85. The third-order valence-corrected chi connectivity index (χ3v) is 4.31. The summed E-state index contributed by atoms with van der Waals surface area (Å²) in [6.45, 7) is 0.0821. The van der Waals surface area contributed by atoms with Crippen LogP contribution < -0.4 is 0 Å². The molecule has 86 valence electrons. The Labute approximate surface area is 106 Å². The predicted molar refractivity (Wildman–Crippen MR) is 68.4 cm³/mol. The summed E-state index contributed by atoms with van der Waals surface area (Å²) in [5.41, 5.74) is 1.67. The van der Waals surface area contributed by atoms with Gasteiger partial charge in [0, 0.05) is 4.88 Å². The van der Waals surface area contributed by atoms with Gasteiger partial charge in [0.2, 0.25) is 0 Å². The third kappa shape index (κ3) is 2.22. The number of aromatic nitrogens is 1. The molecule has 3 nitrogen and oxygen atoms in total. The molecule has 0 aliphatic heterocycles. The van der Waals surface area contributed by atoms with Crippen molar-refractivity contribution in [3.63, 3.8) is 0 Å². The van der Waals surface area contributed by atoms with Crippen LogP contribution in [0, 0.1) is 0 Å². The van der Waals surface area contributed by atoms with Crippen molar-refractivity contribution in [3.8, 4) is 0 Å². The lowest BCUT2D eigenvalue weighted by atomic mass is 10.3. The number of nitrogens with zero attached hydrogens (tertiary/aromatic N) is 1. The van der Waals surface area contributed by atoms with E-state index in [-0.39, 0.29) is 6.61 Å². The van der Waals surface area contributed by atoms with Crippen molar-refractivity contribution >= 4 is 34.2 Å². The summed E-state index contributed by atoms with van der Waals surface area (Å²) < 4.78 is 6.68. The molecule has 0 saturated heterocycles. The van der Waals surface area contributed by atoms with Crippen molar-refractivity contribution in [2.45, 2.75) is 16.0 Å². The molecule has 0 saturated carbocycles. The standard InChI is InChI=1S/C12H9NO2S2/c14-7-8-5-6-11(16-8)17-12-13-9-3-1-2-4-10(9)15-12/h1-6,14H,7H2. The average Bonchev–Trinajstić information content (AvgIpc) is 2.94. The zero-order valence-electron chi connectivity index (χ0n) is 8.79. The van der Waals surface area contributed by atoms with Gasteiger partial charge < -0.3 is 9.52 Å². The number of fused-ring (bicyclic) bond motifs is 1. The van der Waals surface area contributed by atoms with Gasteiger partial charge in [-0.1, -0.05) is 12.1 Å². The molecule has 0 bridgehead atoms. The van der Waals surface area contributed by atoms with E-state index in [1.165, 1.54) is 11.8 Å². The van der Waals surface area contributed by atoms with Gasteiger partial charge in [0.05, 0.1) is 10.8 Å². The fourth-order valence-electron chi connectivity index (χ4n) is 1.48. The molecule has 3 aromatic rings. The van der Waals surface area contributed by atoms with Gasteiger partial charge >= 0.3 is 0 Å². The van der Waals surface area contributed by atoms with Gasteiger partial charge in [0.1, 0.15) is 5.52 Å². The average molecular weight is 263 g/mol. The molecule has 3 rings (SSSR count). The first-order valence-corrected chi connectivity index (χ1v) is 6.71. The van der Waals surface area contributed by atoms with E-state index in [9.17, 15) is 0 Å². The molecular formula is C12H9NO2S2. The van der Waals surface area contributed by atoms with E-state index in [0.29, 0.717) is 5.22 Å². The van der Waals surface area contributed by atoms with E-state index < -0.39 is 0 Å². The topological polar surface area (TPSA) is 46.3 Å². The lowest BCUT2D eigenvalue weighted by Crippen LogP contribution is -1.70. The smallest absolute Gasteiger partial charge is 0.262 e. The molecule has 0 aliphatic carbocycles. The highest BCUT2D eigenvalue weighted by Gasteiger charge is 2.08. The number of thiophene rings is 1. The molecule has 2 heterocycles. The number of benzene rings is 1. The molecule has 0 spiro atoms. The molecule has 0 unspecified atom stereocenters. The van der Waals surface area contributed by atoms with Crippen LogP contribution in [0.25, 0.3) is 11.1 Å². The number of hydrogen-bond donors (Lipinski definition) is 1. The van der Waals surface area contributed by atoms with Gasteiger partial charge in [0.15, 0.2) is 5.58 Å². The molecule has 17 heavy (non-hydrogen) atoms. The van der Waals surface area contributed by atoms with E-state index in [4.69, 9.17) is 9.52 Å². The summed E-state index contributed by atoms with van der Waals surface area (Å²) in [5.74, 6) is 0. The van der Waals surface area contributed by atoms with E-state index in [2.05, 4.69) is 4.98 Å². The molecule has 0 atom stereocenters. The van der Waals surface area contributed by atoms with E-state index in [1.54, 1.807) is 11.3 Å². The van der Waals surface area contributed by atoms with Crippen molar-refractivity contribution in [2.75, 3.05) is 0 Å². The van der Waals surface area contributed by atoms with Crippen molar-refractivity contribution in [1.82, 2.24) is 4.98 Å². The summed E-state index contributed by atoms with van der Waals surface area (Å²) in [7, 11) is 0. The van der Waals surface area contributed by atoms with Gasteiger partial charge in [-0.25, -0.2) is 4.98 Å². The Bertz CT molecular complexity index is 612. The zero-order chi connectivity index (χ0) is 11.7. The largest absolute Gasteiger partial charge is 0.431 e. The molecular weight excluding hydrogens is 254 g/mol.